The summed E-state index contributed by atoms with van der Waals surface area (Å²) in [7, 11) is 0. The number of ketones is 1. The van der Waals surface area contributed by atoms with E-state index in [1.165, 1.54) is 6.92 Å². The lowest BCUT2D eigenvalue weighted by Gasteiger charge is -2.42. The fraction of sp³-hybridized carbons (Fsp3) is 0.583. The molecule has 0 atom stereocenters. The molecule has 0 spiro atoms. The average Bonchev–Trinajstić information content (AvgIpc) is 2.17. The number of hydrogen-bond acceptors (Lipinski definition) is 3. The minimum absolute atomic E-state index is 0.00269. The zero-order chi connectivity index (χ0) is 11.7. The molecule has 0 aromatic rings. The highest BCUT2D eigenvalue weighted by Crippen LogP contribution is 2.36. The summed E-state index contributed by atoms with van der Waals surface area (Å²) in [5.41, 5.74) is -0.0948. The molecule has 1 heterocycles. The Labute approximate surface area is 90.8 Å². The molecule has 0 aliphatic carbocycles. The van der Waals surface area contributed by atoms with Crippen molar-refractivity contribution >= 4 is 5.78 Å². The highest BCUT2D eigenvalue weighted by Gasteiger charge is 2.44. The number of Topliss-reactive ketones (excluding diaryl/α,β-unsaturated/α-hetero) is 1. The second kappa shape index (κ2) is 3.91. The van der Waals surface area contributed by atoms with Crippen LogP contribution in [0.1, 0.15) is 20.8 Å². The van der Waals surface area contributed by atoms with Crippen molar-refractivity contribution in [3.05, 3.63) is 24.8 Å². The van der Waals surface area contributed by atoms with Crippen LogP contribution in [-0.2, 0) is 14.3 Å². The van der Waals surface area contributed by atoms with Crippen LogP contribution in [0.15, 0.2) is 24.8 Å². The van der Waals surface area contributed by atoms with Gasteiger partial charge in [0.15, 0.2) is 5.79 Å². The molecule has 1 rings (SSSR count). The summed E-state index contributed by atoms with van der Waals surface area (Å²) >= 11 is 0. The first-order valence-electron chi connectivity index (χ1n) is 4.95. The van der Waals surface area contributed by atoms with Gasteiger partial charge in [-0.15, -0.1) is 0 Å². The summed E-state index contributed by atoms with van der Waals surface area (Å²) in [6.45, 7) is 13.3. The summed E-state index contributed by atoms with van der Waals surface area (Å²) in [5.74, 6) is -0.622. The van der Waals surface area contributed by atoms with Gasteiger partial charge in [-0.2, -0.15) is 0 Å². The van der Waals surface area contributed by atoms with Crippen LogP contribution in [0.2, 0.25) is 0 Å². The van der Waals surface area contributed by atoms with E-state index in [2.05, 4.69) is 13.2 Å². The van der Waals surface area contributed by atoms with E-state index in [4.69, 9.17) is 9.47 Å². The molecule has 0 amide bonds. The van der Waals surface area contributed by atoms with E-state index in [0.29, 0.717) is 18.8 Å². The van der Waals surface area contributed by atoms with Crippen molar-refractivity contribution in [2.75, 3.05) is 13.2 Å². The second-order valence-electron chi connectivity index (χ2n) is 4.34. The van der Waals surface area contributed by atoms with E-state index < -0.39 is 11.2 Å². The van der Waals surface area contributed by atoms with Gasteiger partial charge in [0.2, 0.25) is 0 Å². The molecule has 3 heteroatoms. The van der Waals surface area contributed by atoms with Crippen LogP contribution in [0.5, 0.6) is 0 Å². The first kappa shape index (κ1) is 12.1. The van der Waals surface area contributed by atoms with Crippen LogP contribution in [0.25, 0.3) is 0 Å². The molecule has 0 aromatic carbocycles. The van der Waals surface area contributed by atoms with Gasteiger partial charge in [-0.1, -0.05) is 19.2 Å². The first-order chi connectivity index (χ1) is 6.84. The molecule has 1 aliphatic rings. The number of rotatable bonds is 3. The lowest BCUT2D eigenvalue weighted by molar-refractivity contribution is -0.272. The molecule has 0 radical (unpaired) electrons. The number of hydrogen-bond donors (Lipinski definition) is 0. The Bertz CT molecular complexity index is 292. The van der Waals surface area contributed by atoms with Crippen molar-refractivity contribution in [3.8, 4) is 0 Å². The van der Waals surface area contributed by atoms with Crippen molar-refractivity contribution in [1.82, 2.24) is 0 Å². The second-order valence-corrected chi connectivity index (χ2v) is 4.34. The standard InChI is InChI=1S/C12H18O3/c1-6-9(2)12(10(3)13)7-14-11(4,5)15-8-12/h6H,1-2,7-8H2,3-5H3. The molecule has 15 heavy (non-hydrogen) atoms. The Kier molecular flexibility index (Phi) is 3.16. The van der Waals surface area contributed by atoms with Crippen molar-refractivity contribution in [2.24, 2.45) is 5.41 Å². The SMILES string of the molecule is C=CC(=C)C1(C(C)=O)COC(C)(C)OC1. The van der Waals surface area contributed by atoms with Crippen molar-refractivity contribution < 1.29 is 14.3 Å². The van der Waals surface area contributed by atoms with Crippen LogP contribution >= 0.6 is 0 Å². The monoisotopic (exact) mass is 210 g/mol. The maximum Gasteiger partial charge on any atom is 0.162 e. The largest absolute Gasteiger partial charge is 0.349 e. The van der Waals surface area contributed by atoms with Gasteiger partial charge in [-0.3, -0.25) is 4.79 Å². The van der Waals surface area contributed by atoms with Crippen molar-refractivity contribution in [2.45, 2.75) is 26.6 Å². The number of allylic oxidation sites excluding steroid dienone is 1. The maximum absolute atomic E-state index is 11.7. The zero-order valence-electron chi connectivity index (χ0n) is 9.63. The van der Waals surface area contributed by atoms with E-state index in [-0.39, 0.29) is 5.78 Å². The molecular formula is C12H18O3. The van der Waals surface area contributed by atoms with E-state index >= 15 is 0 Å². The first-order valence-corrected chi connectivity index (χ1v) is 4.95. The summed E-state index contributed by atoms with van der Waals surface area (Å²) in [4.78, 5) is 11.7. The van der Waals surface area contributed by atoms with Gasteiger partial charge in [0.1, 0.15) is 5.78 Å². The summed E-state index contributed by atoms with van der Waals surface area (Å²) in [6.07, 6.45) is 1.59. The lowest BCUT2D eigenvalue weighted by Crippen LogP contribution is -2.50. The van der Waals surface area contributed by atoms with Gasteiger partial charge in [0.25, 0.3) is 0 Å². The Morgan fingerprint density at radius 2 is 1.80 bits per heavy atom. The fourth-order valence-corrected chi connectivity index (χ4v) is 1.49. The molecular weight excluding hydrogens is 192 g/mol. The minimum atomic E-state index is -0.753. The Morgan fingerprint density at radius 1 is 1.33 bits per heavy atom. The fourth-order valence-electron chi connectivity index (χ4n) is 1.49. The van der Waals surface area contributed by atoms with Gasteiger partial charge in [-0.05, 0) is 26.3 Å². The minimum Gasteiger partial charge on any atom is -0.349 e. The summed E-state index contributed by atoms with van der Waals surface area (Å²) in [6, 6.07) is 0. The highest BCUT2D eigenvalue weighted by atomic mass is 16.7. The Balaban J connectivity index is 2.92. The van der Waals surface area contributed by atoms with Gasteiger partial charge in [0.05, 0.1) is 18.6 Å². The lowest BCUT2D eigenvalue weighted by atomic mass is 9.78. The third-order valence-electron chi connectivity index (χ3n) is 2.87. The number of ether oxygens (including phenoxy) is 2. The predicted octanol–water partition coefficient (Wildman–Crippen LogP) is 2.09. The third-order valence-corrected chi connectivity index (χ3v) is 2.87. The number of carbonyl (C=O) groups excluding carboxylic acids is 1. The zero-order valence-corrected chi connectivity index (χ0v) is 9.63. The van der Waals surface area contributed by atoms with Crippen LogP contribution in [0.4, 0.5) is 0 Å². The molecule has 1 aliphatic heterocycles. The van der Waals surface area contributed by atoms with E-state index in [1.807, 2.05) is 13.8 Å². The molecule has 0 bridgehead atoms. The van der Waals surface area contributed by atoms with E-state index in [0.717, 1.165) is 0 Å². The highest BCUT2D eigenvalue weighted by molar-refractivity contribution is 5.86. The summed E-state index contributed by atoms with van der Waals surface area (Å²) < 4.78 is 11.0. The molecule has 0 saturated carbocycles. The maximum atomic E-state index is 11.7. The Hall–Kier alpha value is -0.930. The average molecular weight is 210 g/mol. The molecule has 1 fully saturated rings. The molecule has 0 unspecified atom stereocenters. The molecule has 84 valence electrons. The van der Waals surface area contributed by atoms with Crippen LogP contribution in [0.3, 0.4) is 0 Å². The normalized spacial score (nSPS) is 23.1. The Morgan fingerprint density at radius 3 is 2.13 bits per heavy atom. The van der Waals surface area contributed by atoms with Gasteiger partial charge in [-0.25, -0.2) is 0 Å². The van der Waals surface area contributed by atoms with E-state index in [9.17, 15) is 4.79 Å². The number of carbonyl (C=O) groups is 1. The van der Waals surface area contributed by atoms with Crippen LogP contribution in [0, 0.1) is 5.41 Å². The van der Waals surface area contributed by atoms with Crippen molar-refractivity contribution in [1.29, 1.82) is 0 Å². The van der Waals surface area contributed by atoms with E-state index in [1.54, 1.807) is 6.08 Å². The van der Waals surface area contributed by atoms with Crippen LogP contribution in [-0.4, -0.2) is 24.8 Å². The summed E-state index contributed by atoms with van der Waals surface area (Å²) in [5, 5.41) is 0. The molecule has 0 N–H and O–H groups in total. The van der Waals surface area contributed by atoms with Crippen molar-refractivity contribution in [3.63, 3.8) is 0 Å². The molecule has 3 nitrogen and oxygen atoms in total. The molecule has 1 saturated heterocycles. The third kappa shape index (κ3) is 2.19. The quantitative estimate of drug-likeness (QED) is 0.669. The smallest absolute Gasteiger partial charge is 0.162 e. The van der Waals surface area contributed by atoms with Gasteiger partial charge < -0.3 is 9.47 Å². The van der Waals surface area contributed by atoms with Gasteiger partial charge in [0, 0.05) is 0 Å². The predicted molar refractivity (Wildman–Crippen MR) is 58.4 cm³/mol. The van der Waals surface area contributed by atoms with Crippen LogP contribution < -0.4 is 0 Å². The topological polar surface area (TPSA) is 35.5 Å². The van der Waals surface area contributed by atoms with Gasteiger partial charge >= 0.3 is 0 Å². The molecule has 0 aromatic heterocycles.